The standard InChI is InChI=1S/C10H10F3NOS/c1-2-16-6-9(15)7-5-14-4-3-8(7)10(11,12)13/h3-5H,2,6H2,1H3. The lowest BCUT2D eigenvalue weighted by molar-refractivity contribution is -0.138. The van der Waals surface area contributed by atoms with Gasteiger partial charge in [0.25, 0.3) is 0 Å². The number of carbonyl (C=O) groups excluding carboxylic acids is 1. The molecule has 0 N–H and O–H groups in total. The van der Waals surface area contributed by atoms with Crippen molar-refractivity contribution in [3.63, 3.8) is 0 Å². The minimum absolute atomic E-state index is 0.0469. The minimum Gasteiger partial charge on any atom is -0.293 e. The van der Waals surface area contributed by atoms with Crippen molar-refractivity contribution in [2.24, 2.45) is 0 Å². The number of halogens is 3. The Balaban J connectivity index is 3.00. The second-order valence-electron chi connectivity index (χ2n) is 2.98. The Morgan fingerprint density at radius 1 is 1.50 bits per heavy atom. The highest BCUT2D eigenvalue weighted by atomic mass is 32.2. The quantitative estimate of drug-likeness (QED) is 0.768. The number of aromatic nitrogens is 1. The lowest BCUT2D eigenvalue weighted by atomic mass is 10.1. The van der Waals surface area contributed by atoms with Crippen LogP contribution in [-0.4, -0.2) is 22.3 Å². The molecule has 1 aromatic rings. The molecule has 0 fully saturated rings. The number of rotatable bonds is 4. The topological polar surface area (TPSA) is 30.0 Å². The average molecular weight is 249 g/mol. The Bertz CT molecular complexity index is 379. The van der Waals surface area contributed by atoms with Crippen molar-refractivity contribution in [3.8, 4) is 0 Å². The summed E-state index contributed by atoms with van der Waals surface area (Å²) in [6.45, 7) is 1.84. The first-order valence-corrected chi connectivity index (χ1v) is 5.74. The third kappa shape index (κ3) is 3.23. The minimum atomic E-state index is -4.51. The normalized spacial score (nSPS) is 11.5. The molecule has 0 atom stereocenters. The maximum Gasteiger partial charge on any atom is 0.417 e. The van der Waals surface area contributed by atoms with Crippen molar-refractivity contribution < 1.29 is 18.0 Å². The Hall–Kier alpha value is -1.04. The van der Waals surface area contributed by atoms with Gasteiger partial charge in [-0.15, -0.1) is 0 Å². The van der Waals surface area contributed by atoms with Gasteiger partial charge in [0.1, 0.15) is 0 Å². The molecule has 1 aromatic heterocycles. The monoisotopic (exact) mass is 249 g/mol. The summed E-state index contributed by atoms with van der Waals surface area (Å²) >= 11 is 1.29. The van der Waals surface area contributed by atoms with Crippen molar-refractivity contribution in [2.45, 2.75) is 13.1 Å². The van der Waals surface area contributed by atoms with Gasteiger partial charge in [-0.25, -0.2) is 0 Å². The average Bonchev–Trinajstić information content (AvgIpc) is 2.24. The van der Waals surface area contributed by atoms with Crippen molar-refractivity contribution in [1.82, 2.24) is 4.98 Å². The molecule has 0 aliphatic rings. The van der Waals surface area contributed by atoms with Crippen LogP contribution in [0.5, 0.6) is 0 Å². The highest BCUT2D eigenvalue weighted by Gasteiger charge is 2.34. The van der Waals surface area contributed by atoms with E-state index in [4.69, 9.17) is 0 Å². The maximum atomic E-state index is 12.5. The molecule has 0 unspecified atom stereocenters. The van der Waals surface area contributed by atoms with E-state index in [1.165, 1.54) is 11.8 Å². The Morgan fingerprint density at radius 2 is 2.19 bits per heavy atom. The molecule has 0 radical (unpaired) electrons. The SMILES string of the molecule is CCSCC(=O)c1cnccc1C(F)(F)F. The number of thioether (sulfide) groups is 1. The summed E-state index contributed by atoms with van der Waals surface area (Å²) < 4.78 is 37.6. The number of pyridine rings is 1. The Labute approximate surface area is 95.3 Å². The third-order valence-electron chi connectivity index (χ3n) is 1.86. The highest BCUT2D eigenvalue weighted by molar-refractivity contribution is 7.99. The zero-order valence-electron chi connectivity index (χ0n) is 8.54. The van der Waals surface area contributed by atoms with Gasteiger partial charge in [-0.3, -0.25) is 9.78 Å². The van der Waals surface area contributed by atoms with Gasteiger partial charge in [0.05, 0.1) is 11.3 Å². The number of alkyl halides is 3. The molecule has 0 aliphatic carbocycles. The molecule has 0 amide bonds. The summed E-state index contributed by atoms with van der Waals surface area (Å²) in [5, 5.41) is 0. The van der Waals surface area contributed by atoms with E-state index in [1.807, 2.05) is 6.92 Å². The summed E-state index contributed by atoms with van der Waals surface area (Å²) in [5.74, 6) is 0.200. The van der Waals surface area contributed by atoms with Crippen LogP contribution in [0.15, 0.2) is 18.5 Å². The molecule has 0 aromatic carbocycles. The number of ketones is 1. The predicted octanol–water partition coefficient (Wildman–Crippen LogP) is 3.04. The van der Waals surface area contributed by atoms with E-state index in [-0.39, 0.29) is 11.3 Å². The number of hydrogen-bond acceptors (Lipinski definition) is 3. The molecule has 2 nitrogen and oxygen atoms in total. The van der Waals surface area contributed by atoms with Gasteiger partial charge in [-0.05, 0) is 11.8 Å². The predicted molar refractivity (Wildman–Crippen MR) is 56.6 cm³/mol. The highest BCUT2D eigenvalue weighted by Crippen LogP contribution is 2.31. The van der Waals surface area contributed by atoms with Crippen LogP contribution in [0.25, 0.3) is 0 Å². The molecule has 1 heterocycles. The van der Waals surface area contributed by atoms with Gasteiger partial charge in [-0.1, -0.05) is 6.92 Å². The molecular formula is C10H10F3NOS. The van der Waals surface area contributed by atoms with Crippen LogP contribution in [-0.2, 0) is 6.18 Å². The summed E-state index contributed by atoms with van der Waals surface area (Å²) in [6, 6.07) is 0.823. The summed E-state index contributed by atoms with van der Waals surface area (Å²) in [4.78, 5) is 15.1. The molecular weight excluding hydrogens is 239 g/mol. The van der Waals surface area contributed by atoms with Crippen LogP contribution >= 0.6 is 11.8 Å². The van der Waals surface area contributed by atoms with Gasteiger partial charge in [0.2, 0.25) is 0 Å². The second-order valence-corrected chi connectivity index (χ2v) is 4.25. The number of nitrogens with zero attached hydrogens (tertiary/aromatic N) is 1. The van der Waals surface area contributed by atoms with E-state index in [9.17, 15) is 18.0 Å². The van der Waals surface area contributed by atoms with E-state index >= 15 is 0 Å². The van der Waals surface area contributed by atoms with Crippen LogP contribution in [0.1, 0.15) is 22.8 Å². The lowest BCUT2D eigenvalue weighted by Crippen LogP contribution is -2.14. The van der Waals surface area contributed by atoms with E-state index < -0.39 is 17.5 Å². The van der Waals surface area contributed by atoms with E-state index in [0.29, 0.717) is 5.75 Å². The summed E-state index contributed by atoms with van der Waals surface area (Å²) in [5.41, 5.74) is -1.26. The summed E-state index contributed by atoms with van der Waals surface area (Å²) in [7, 11) is 0. The van der Waals surface area contributed by atoms with Crippen LogP contribution in [0.3, 0.4) is 0 Å². The van der Waals surface area contributed by atoms with Gasteiger partial charge in [-0.2, -0.15) is 24.9 Å². The van der Waals surface area contributed by atoms with Crippen LogP contribution in [0, 0.1) is 0 Å². The molecule has 0 saturated carbocycles. The van der Waals surface area contributed by atoms with Crippen molar-refractivity contribution in [1.29, 1.82) is 0 Å². The van der Waals surface area contributed by atoms with Crippen LogP contribution in [0.4, 0.5) is 13.2 Å². The molecule has 16 heavy (non-hydrogen) atoms. The number of hydrogen-bond donors (Lipinski definition) is 0. The summed E-state index contributed by atoms with van der Waals surface area (Å²) in [6.07, 6.45) is -2.50. The first kappa shape index (κ1) is 13.0. The van der Waals surface area contributed by atoms with Crippen LogP contribution < -0.4 is 0 Å². The van der Waals surface area contributed by atoms with Gasteiger partial charge in [0.15, 0.2) is 5.78 Å². The molecule has 88 valence electrons. The Kier molecular flexibility index (Phi) is 4.35. The zero-order valence-corrected chi connectivity index (χ0v) is 9.36. The van der Waals surface area contributed by atoms with Gasteiger partial charge in [0, 0.05) is 18.0 Å². The molecule has 0 aliphatic heterocycles. The van der Waals surface area contributed by atoms with E-state index in [1.54, 1.807) is 0 Å². The molecule has 0 saturated heterocycles. The molecule has 0 bridgehead atoms. The fourth-order valence-electron chi connectivity index (χ4n) is 1.14. The largest absolute Gasteiger partial charge is 0.417 e. The third-order valence-corrected chi connectivity index (χ3v) is 2.74. The molecule has 1 rings (SSSR count). The smallest absolute Gasteiger partial charge is 0.293 e. The maximum absolute atomic E-state index is 12.5. The number of Topliss-reactive ketones (excluding diaryl/α,β-unsaturated/α-hetero) is 1. The van der Waals surface area contributed by atoms with Crippen LogP contribution in [0.2, 0.25) is 0 Å². The van der Waals surface area contributed by atoms with Gasteiger partial charge >= 0.3 is 6.18 Å². The fourth-order valence-corrected chi connectivity index (χ4v) is 1.68. The van der Waals surface area contributed by atoms with Crippen molar-refractivity contribution in [2.75, 3.05) is 11.5 Å². The van der Waals surface area contributed by atoms with Crippen molar-refractivity contribution in [3.05, 3.63) is 29.6 Å². The fraction of sp³-hybridized carbons (Fsp3) is 0.400. The van der Waals surface area contributed by atoms with Gasteiger partial charge < -0.3 is 0 Å². The number of carbonyl (C=O) groups is 1. The molecule has 6 heteroatoms. The first-order valence-electron chi connectivity index (χ1n) is 4.59. The molecule has 0 spiro atoms. The lowest BCUT2D eigenvalue weighted by Gasteiger charge is -2.10. The van der Waals surface area contributed by atoms with E-state index in [2.05, 4.69) is 4.98 Å². The zero-order chi connectivity index (χ0) is 12.2. The first-order chi connectivity index (χ1) is 7.46. The second kappa shape index (κ2) is 5.34. The Morgan fingerprint density at radius 3 is 2.75 bits per heavy atom. The van der Waals surface area contributed by atoms with Crippen molar-refractivity contribution >= 4 is 17.5 Å². The van der Waals surface area contributed by atoms with E-state index in [0.717, 1.165) is 18.5 Å².